The van der Waals surface area contributed by atoms with Gasteiger partial charge in [-0.25, -0.2) is 13.2 Å². The smallest absolute Gasteiger partial charge is 0.159 e. The van der Waals surface area contributed by atoms with Crippen LogP contribution >= 0.6 is 0 Å². The van der Waals surface area contributed by atoms with Crippen molar-refractivity contribution in [3.8, 4) is 0 Å². The third-order valence-corrected chi connectivity index (χ3v) is 1.58. The van der Waals surface area contributed by atoms with Crippen molar-refractivity contribution < 1.29 is 13.2 Å². The molecule has 0 aliphatic carbocycles. The van der Waals surface area contributed by atoms with Gasteiger partial charge in [0.2, 0.25) is 0 Å². The Morgan fingerprint density at radius 3 is 2.54 bits per heavy atom. The zero-order chi connectivity index (χ0) is 9.68. The number of benzene rings is 1. The second-order valence-corrected chi connectivity index (χ2v) is 2.61. The molecule has 0 radical (unpaired) electrons. The number of nitrogens with one attached hydrogen (secondary N) is 1. The van der Waals surface area contributed by atoms with Crippen LogP contribution in [0.1, 0.15) is 5.56 Å². The van der Waals surface area contributed by atoms with Gasteiger partial charge in [0.1, 0.15) is 6.67 Å². The van der Waals surface area contributed by atoms with E-state index in [1.165, 1.54) is 6.07 Å². The quantitative estimate of drug-likeness (QED) is 0.714. The molecule has 1 nitrogen and oxygen atoms in total. The lowest BCUT2D eigenvalue weighted by Crippen LogP contribution is -2.16. The Kier molecular flexibility index (Phi) is 3.76. The van der Waals surface area contributed by atoms with Crippen LogP contribution in [-0.2, 0) is 6.54 Å². The molecule has 0 saturated heterocycles. The van der Waals surface area contributed by atoms with Crippen molar-refractivity contribution in [1.82, 2.24) is 5.32 Å². The molecule has 0 aliphatic heterocycles. The lowest BCUT2D eigenvalue weighted by atomic mass is 10.2. The fourth-order valence-corrected chi connectivity index (χ4v) is 0.949. The summed E-state index contributed by atoms with van der Waals surface area (Å²) in [7, 11) is 0. The molecule has 1 N–H and O–H groups in total. The first-order chi connectivity index (χ1) is 6.24. The normalized spacial score (nSPS) is 10.4. The molecule has 1 aromatic carbocycles. The minimum absolute atomic E-state index is 0.221. The van der Waals surface area contributed by atoms with Crippen molar-refractivity contribution in [3.63, 3.8) is 0 Å². The van der Waals surface area contributed by atoms with Gasteiger partial charge in [-0.05, 0) is 17.7 Å². The average Bonchev–Trinajstić information content (AvgIpc) is 2.12. The second kappa shape index (κ2) is 4.87. The minimum Gasteiger partial charge on any atom is -0.310 e. The van der Waals surface area contributed by atoms with E-state index in [-0.39, 0.29) is 6.54 Å². The number of halogens is 3. The summed E-state index contributed by atoms with van der Waals surface area (Å²) in [4.78, 5) is 0. The standard InChI is InChI=1S/C9H10F3N/c10-3-4-13-6-7-1-2-8(11)9(12)5-7/h1-2,5,13H,3-4,6H2. The van der Waals surface area contributed by atoms with Gasteiger partial charge in [-0.2, -0.15) is 0 Å². The summed E-state index contributed by atoms with van der Waals surface area (Å²) < 4.78 is 36.7. The van der Waals surface area contributed by atoms with Crippen molar-refractivity contribution in [2.24, 2.45) is 0 Å². The van der Waals surface area contributed by atoms with Crippen molar-refractivity contribution in [1.29, 1.82) is 0 Å². The van der Waals surface area contributed by atoms with Crippen LogP contribution in [-0.4, -0.2) is 13.2 Å². The van der Waals surface area contributed by atoms with E-state index in [9.17, 15) is 13.2 Å². The SMILES string of the molecule is FCCNCc1ccc(F)c(F)c1. The molecule has 0 aromatic heterocycles. The van der Waals surface area contributed by atoms with E-state index in [4.69, 9.17) is 0 Å². The maximum absolute atomic E-state index is 12.6. The molecule has 0 aliphatic rings. The zero-order valence-electron chi connectivity index (χ0n) is 6.99. The van der Waals surface area contributed by atoms with Gasteiger partial charge in [0.05, 0.1) is 0 Å². The maximum Gasteiger partial charge on any atom is 0.159 e. The molecule has 0 spiro atoms. The summed E-state index contributed by atoms with van der Waals surface area (Å²) >= 11 is 0. The minimum atomic E-state index is -0.875. The van der Waals surface area contributed by atoms with Gasteiger partial charge in [-0.3, -0.25) is 0 Å². The van der Waals surface area contributed by atoms with Gasteiger partial charge in [0.25, 0.3) is 0 Å². The van der Waals surface area contributed by atoms with E-state index in [1.54, 1.807) is 0 Å². The van der Waals surface area contributed by atoms with Crippen molar-refractivity contribution in [2.75, 3.05) is 13.2 Å². The average molecular weight is 189 g/mol. The predicted molar refractivity (Wildman–Crippen MR) is 44.0 cm³/mol. The van der Waals surface area contributed by atoms with E-state index in [1.807, 2.05) is 0 Å². The highest BCUT2D eigenvalue weighted by atomic mass is 19.2. The molecule has 0 bridgehead atoms. The van der Waals surface area contributed by atoms with Crippen LogP contribution in [0.5, 0.6) is 0 Å². The summed E-state index contributed by atoms with van der Waals surface area (Å²) in [5, 5.41) is 2.73. The van der Waals surface area contributed by atoms with E-state index < -0.39 is 18.3 Å². The Bertz CT molecular complexity index is 276. The molecular formula is C9H10F3N. The van der Waals surface area contributed by atoms with Crippen molar-refractivity contribution in [2.45, 2.75) is 6.54 Å². The zero-order valence-corrected chi connectivity index (χ0v) is 6.99. The molecule has 0 heterocycles. The monoisotopic (exact) mass is 189 g/mol. The van der Waals surface area contributed by atoms with E-state index in [2.05, 4.69) is 5.32 Å². The summed E-state index contributed by atoms with van der Waals surface area (Å²) in [6.07, 6.45) is 0. The summed E-state index contributed by atoms with van der Waals surface area (Å²) in [5.41, 5.74) is 0.604. The van der Waals surface area contributed by atoms with Gasteiger partial charge in [0.15, 0.2) is 11.6 Å². The molecule has 0 amide bonds. The number of hydrogen-bond acceptors (Lipinski definition) is 1. The number of hydrogen-bond donors (Lipinski definition) is 1. The van der Waals surface area contributed by atoms with Crippen molar-refractivity contribution >= 4 is 0 Å². The Labute approximate surface area is 74.6 Å². The van der Waals surface area contributed by atoms with Crippen LogP contribution in [0, 0.1) is 11.6 Å². The van der Waals surface area contributed by atoms with Gasteiger partial charge in [-0.15, -0.1) is 0 Å². The van der Waals surface area contributed by atoms with Crippen molar-refractivity contribution in [3.05, 3.63) is 35.4 Å². The summed E-state index contributed by atoms with van der Waals surface area (Å²) in [6, 6.07) is 3.62. The van der Waals surface area contributed by atoms with E-state index in [0.717, 1.165) is 12.1 Å². The van der Waals surface area contributed by atoms with E-state index in [0.29, 0.717) is 12.1 Å². The number of alkyl halides is 1. The lowest BCUT2D eigenvalue weighted by molar-refractivity contribution is 0.465. The van der Waals surface area contributed by atoms with E-state index >= 15 is 0 Å². The molecule has 0 atom stereocenters. The second-order valence-electron chi connectivity index (χ2n) is 2.61. The van der Waals surface area contributed by atoms with Crippen LogP contribution in [0.25, 0.3) is 0 Å². The number of rotatable bonds is 4. The molecule has 0 fully saturated rings. The topological polar surface area (TPSA) is 12.0 Å². The highest BCUT2D eigenvalue weighted by Gasteiger charge is 2.01. The highest BCUT2D eigenvalue weighted by Crippen LogP contribution is 2.07. The lowest BCUT2D eigenvalue weighted by Gasteiger charge is -2.02. The third kappa shape index (κ3) is 3.06. The van der Waals surface area contributed by atoms with Gasteiger partial charge in [0, 0.05) is 13.1 Å². The molecule has 1 aromatic rings. The predicted octanol–water partition coefficient (Wildman–Crippen LogP) is 2.02. The molecule has 1 rings (SSSR count). The molecule has 13 heavy (non-hydrogen) atoms. The molecule has 0 unspecified atom stereocenters. The molecule has 4 heteroatoms. The largest absolute Gasteiger partial charge is 0.310 e. The Hall–Kier alpha value is -1.03. The third-order valence-electron chi connectivity index (χ3n) is 1.58. The van der Waals surface area contributed by atoms with Gasteiger partial charge >= 0.3 is 0 Å². The molecule has 72 valence electrons. The van der Waals surface area contributed by atoms with Crippen LogP contribution < -0.4 is 5.32 Å². The summed E-state index contributed by atoms with van der Waals surface area (Å²) in [6.45, 7) is 0.101. The first-order valence-electron chi connectivity index (χ1n) is 3.94. The Morgan fingerprint density at radius 2 is 1.92 bits per heavy atom. The van der Waals surface area contributed by atoms with Crippen LogP contribution in [0.2, 0.25) is 0 Å². The summed E-state index contributed by atoms with van der Waals surface area (Å²) in [5.74, 6) is -1.74. The molecular weight excluding hydrogens is 179 g/mol. The highest BCUT2D eigenvalue weighted by molar-refractivity contribution is 5.17. The Balaban J connectivity index is 2.53. The van der Waals surface area contributed by atoms with Crippen LogP contribution in [0.4, 0.5) is 13.2 Å². The van der Waals surface area contributed by atoms with Gasteiger partial charge < -0.3 is 5.32 Å². The first kappa shape index (κ1) is 10.1. The van der Waals surface area contributed by atoms with Gasteiger partial charge in [-0.1, -0.05) is 6.07 Å². The first-order valence-corrected chi connectivity index (χ1v) is 3.94. The Morgan fingerprint density at radius 1 is 1.15 bits per heavy atom. The molecule has 0 saturated carbocycles. The van der Waals surface area contributed by atoms with Crippen LogP contribution in [0.3, 0.4) is 0 Å². The van der Waals surface area contributed by atoms with Crippen LogP contribution in [0.15, 0.2) is 18.2 Å². The fourth-order valence-electron chi connectivity index (χ4n) is 0.949. The maximum atomic E-state index is 12.6. The fraction of sp³-hybridized carbons (Fsp3) is 0.333.